The molecule has 1 aromatic carbocycles. The van der Waals surface area contributed by atoms with Crippen LogP contribution >= 0.6 is 0 Å². The molecule has 1 N–H and O–H groups in total. The summed E-state index contributed by atoms with van der Waals surface area (Å²) in [5.74, 6) is 0.563. The second-order valence-corrected chi connectivity index (χ2v) is 8.30. The van der Waals surface area contributed by atoms with Gasteiger partial charge in [-0.3, -0.25) is 9.78 Å². The van der Waals surface area contributed by atoms with Gasteiger partial charge in [-0.05, 0) is 17.7 Å². The molecule has 0 radical (unpaired) electrons. The highest BCUT2D eigenvalue weighted by Crippen LogP contribution is 2.43. The number of benzene rings is 1. The van der Waals surface area contributed by atoms with Crippen molar-refractivity contribution in [1.29, 1.82) is 0 Å². The molecule has 4 aliphatic heterocycles. The number of amides is 1. The lowest BCUT2D eigenvalue weighted by atomic mass is 9.64. The molecule has 140 valence electrons. The first kappa shape index (κ1) is 16.9. The van der Waals surface area contributed by atoms with Gasteiger partial charge >= 0.3 is 0 Å². The van der Waals surface area contributed by atoms with Gasteiger partial charge in [0.25, 0.3) is 0 Å². The Labute approximate surface area is 160 Å². The van der Waals surface area contributed by atoms with Gasteiger partial charge in [0.1, 0.15) is 0 Å². The molecule has 4 fully saturated rings. The van der Waals surface area contributed by atoms with Crippen molar-refractivity contribution in [2.45, 2.75) is 17.9 Å². The molecule has 5 nitrogen and oxygen atoms in total. The van der Waals surface area contributed by atoms with E-state index < -0.39 is 0 Å². The summed E-state index contributed by atoms with van der Waals surface area (Å²) in [7, 11) is 0. The SMILES string of the molecule is O=C(Cc1ccccn1)NC1C2CN3CCN(C2)CC1(c1ccccc1)C3. The van der Waals surface area contributed by atoms with Crippen LogP contribution < -0.4 is 5.32 Å². The second-order valence-electron chi connectivity index (χ2n) is 8.30. The van der Waals surface area contributed by atoms with Crippen LogP contribution in [0.25, 0.3) is 0 Å². The van der Waals surface area contributed by atoms with Crippen LogP contribution in [0, 0.1) is 5.92 Å². The molecule has 5 heteroatoms. The van der Waals surface area contributed by atoms with E-state index in [1.54, 1.807) is 6.20 Å². The van der Waals surface area contributed by atoms with Gasteiger partial charge in [0.2, 0.25) is 5.91 Å². The lowest BCUT2D eigenvalue weighted by Gasteiger charge is -2.55. The molecule has 0 spiro atoms. The van der Waals surface area contributed by atoms with Gasteiger partial charge in [-0.1, -0.05) is 36.4 Å². The monoisotopic (exact) mass is 362 g/mol. The van der Waals surface area contributed by atoms with Crippen LogP contribution in [0.4, 0.5) is 0 Å². The van der Waals surface area contributed by atoms with Crippen LogP contribution in [0.1, 0.15) is 11.3 Å². The number of nitrogens with zero attached hydrogens (tertiary/aromatic N) is 3. The van der Waals surface area contributed by atoms with Crippen molar-refractivity contribution in [3.8, 4) is 0 Å². The Morgan fingerprint density at radius 1 is 1.04 bits per heavy atom. The number of pyridine rings is 1. The summed E-state index contributed by atoms with van der Waals surface area (Å²) in [4.78, 5) is 22.4. The Hall–Kier alpha value is -2.24. The normalized spacial score (nSPS) is 34.2. The molecular weight excluding hydrogens is 336 g/mol. The molecule has 4 aliphatic rings. The number of rotatable bonds is 4. The minimum atomic E-state index is -0.0291. The fourth-order valence-electron chi connectivity index (χ4n) is 5.46. The highest BCUT2D eigenvalue weighted by molar-refractivity contribution is 5.78. The summed E-state index contributed by atoms with van der Waals surface area (Å²) < 4.78 is 0. The van der Waals surface area contributed by atoms with Crippen molar-refractivity contribution in [1.82, 2.24) is 20.1 Å². The van der Waals surface area contributed by atoms with E-state index in [9.17, 15) is 4.79 Å². The van der Waals surface area contributed by atoms with Gasteiger partial charge in [0, 0.05) is 68.5 Å². The molecule has 1 amide bonds. The summed E-state index contributed by atoms with van der Waals surface area (Å²) in [6, 6.07) is 16.7. The third-order valence-corrected chi connectivity index (χ3v) is 6.53. The molecule has 4 bridgehead atoms. The maximum absolute atomic E-state index is 12.9. The van der Waals surface area contributed by atoms with Crippen molar-refractivity contribution < 1.29 is 4.79 Å². The molecule has 2 aromatic rings. The first-order chi connectivity index (χ1) is 13.2. The number of carbonyl (C=O) groups is 1. The van der Waals surface area contributed by atoms with Crippen molar-refractivity contribution >= 4 is 5.91 Å². The maximum Gasteiger partial charge on any atom is 0.226 e. The van der Waals surface area contributed by atoms with Crippen molar-refractivity contribution in [3.05, 3.63) is 66.0 Å². The summed E-state index contributed by atoms with van der Waals surface area (Å²) in [6.07, 6.45) is 2.10. The summed E-state index contributed by atoms with van der Waals surface area (Å²) in [5.41, 5.74) is 2.16. The minimum Gasteiger partial charge on any atom is -0.352 e. The predicted molar refractivity (Wildman–Crippen MR) is 104 cm³/mol. The van der Waals surface area contributed by atoms with Gasteiger partial charge in [-0.25, -0.2) is 0 Å². The van der Waals surface area contributed by atoms with Gasteiger partial charge < -0.3 is 15.1 Å². The quantitative estimate of drug-likeness (QED) is 0.891. The Kier molecular flexibility index (Phi) is 4.21. The van der Waals surface area contributed by atoms with Gasteiger partial charge in [0.15, 0.2) is 0 Å². The van der Waals surface area contributed by atoms with Gasteiger partial charge in [-0.15, -0.1) is 0 Å². The van der Waals surface area contributed by atoms with E-state index in [-0.39, 0.29) is 17.4 Å². The van der Waals surface area contributed by atoms with Crippen LogP contribution in [0.5, 0.6) is 0 Å². The number of carbonyl (C=O) groups excluding carboxylic acids is 1. The Balaban J connectivity index is 1.45. The van der Waals surface area contributed by atoms with Crippen LogP contribution in [0.15, 0.2) is 54.7 Å². The molecule has 0 saturated carbocycles. The first-order valence-corrected chi connectivity index (χ1v) is 9.92. The van der Waals surface area contributed by atoms with E-state index in [4.69, 9.17) is 0 Å². The lowest BCUT2D eigenvalue weighted by molar-refractivity contribution is -0.123. The topological polar surface area (TPSA) is 48.5 Å². The second kappa shape index (κ2) is 6.73. The fourth-order valence-corrected chi connectivity index (χ4v) is 5.46. The highest BCUT2D eigenvalue weighted by atomic mass is 16.1. The average Bonchev–Trinajstić information content (AvgIpc) is 2.94. The third-order valence-electron chi connectivity index (χ3n) is 6.53. The van der Waals surface area contributed by atoms with E-state index in [2.05, 4.69) is 50.4 Å². The zero-order valence-corrected chi connectivity index (χ0v) is 15.6. The van der Waals surface area contributed by atoms with Crippen molar-refractivity contribution in [2.75, 3.05) is 39.3 Å². The molecule has 6 rings (SSSR count). The average molecular weight is 362 g/mol. The van der Waals surface area contributed by atoms with Crippen LogP contribution in [-0.2, 0) is 16.6 Å². The third kappa shape index (κ3) is 3.05. The van der Waals surface area contributed by atoms with E-state index in [0.717, 1.165) is 45.0 Å². The molecule has 0 aliphatic carbocycles. The fraction of sp³-hybridized carbons (Fsp3) is 0.455. The Morgan fingerprint density at radius 3 is 2.41 bits per heavy atom. The van der Waals surface area contributed by atoms with E-state index >= 15 is 0 Å². The molecule has 27 heavy (non-hydrogen) atoms. The smallest absolute Gasteiger partial charge is 0.226 e. The van der Waals surface area contributed by atoms with E-state index in [1.165, 1.54) is 5.56 Å². The summed E-state index contributed by atoms with van der Waals surface area (Å²) >= 11 is 0. The zero-order valence-electron chi connectivity index (χ0n) is 15.6. The molecule has 4 saturated heterocycles. The number of hydrogen-bond donors (Lipinski definition) is 1. The van der Waals surface area contributed by atoms with Crippen LogP contribution in [0.2, 0.25) is 0 Å². The molecule has 3 unspecified atom stereocenters. The largest absolute Gasteiger partial charge is 0.352 e. The lowest BCUT2D eigenvalue weighted by Crippen LogP contribution is -2.70. The molecular formula is C22H26N4O. The predicted octanol–water partition coefficient (Wildman–Crippen LogP) is 1.31. The minimum absolute atomic E-state index is 0.0291. The maximum atomic E-state index is 12.9. The molecule has 3 atom stereocenters. The zero-order chi connectivity index (χ0) is 18.3. The van der Waals surface area contributed by atoms with Crippen LogP contribution in [0.3, 0.4) is 0 Å². The number of nitrogens with one attached hydrogen (secondary N) is 1. The standard InChI is InChI=1S/C22H26N4O/c27-20(12-19-8-4-5-9-23-19)24-21-17-13-25-10-11-26(14-17)16-22(21,15-25)18-6-2-1-3-7-18/h1-9,17,21H,10-16H2,(H,24,27). The number of fused-ring (bicyclic) bond motifs is 1. The van der Waals surface area contributed by atoms with E-state index in [1.807, 2.05) is 18.2 Å². The highest BCUT2D eigenvalue weighted by Gasteiger charge is 2.55. The van der Waals surface area contributed by atoms with Gasteiger partial charge in [-0.2, -0.15) is 0 Å². The van der Waals surface area contributed by atoms with Gasteiger partial charge in [0.05, 0.1) is 6.42 Å². The summed E-state index contributed by atoms with van der Waals surface area (Å²) in [5, 5.41) is 3.45. The van der Waals surface area contributed by atoms with Crippen molar-refractivity contribution in [3.63, 3.8) is 0 Å². The number of aromatic nitrogens is 1. The Morgan fingerprint density at radius 2 is 1.74 bits per heavy atom. The summed E-state index contributed by atoms with van der Waals surface area (Å²) in [6.45, 7) is 6.50. The van der Waals surface area contributed by atoms with Crippen molar-refractivity contribution in [2.24, 2.45) is 5.92 Å². The molecule has 1 aromatic heterocycles. The number of piperidine rings is 2. The van der Waals surface area contributed by atoms with E-state index in [0.29, 0.717) is 12.3 Å². The van der Waals surface area contributed by atoms with Crippen LogP contribution in [-0.4, -0.2) is 66.0 Å². The molecule has 5 heterocycles. The first-order valence-electron chi connectivity index (χ1n) is 9.92. The Bertz CT molecular complexity index is 794. The number of hydrogen-bond acceptors (Lipinski definition) is 4.